The lowest BCUT2D eigenvalue weighted by atomic mass is 9.87. The first-order valence-corrected chi connectivity index (χ1v) is 12.3. The van der Waals surface area contributed by atoms with Crippen molar-refractivity contribution in [2.45, 2.75) is 56.8 Å². The molecule has 3 rings (SSSR count). The number of carbonyl (C=O) groups is 1. The molecule has 1 aliphatic rings. The van der Waals surface area contributed by atoms with Gasteiger partial charge in [0.1, 0.15) is 11.6 Å². The maximum absolute atomic E-state index is 12.6. The summed E-state index contributed by atoms with van der Waals surface area (Å²) in [5.41, 5.74) is 1.73. The molecule has 2 aromatic carbocycles. The van der Waals surface area contributed by atoms with E-state index in [4.69, 9.17) is 4.74 Å². The van der Waals surface area contributed by atoms with Gasteiger partial charge in [0.25, 0.3) is 15.9 Å². The van der Waals surface area contributed by atoms with E-state index in [1.54, 1.807) is 12.1 Å². The van der Waals surface area contributed by atoms with Crippen LogP contribution in [0.4, 0.5) is 5.69 Å². The van der Waals surface area contributed by atoms with Crippen molar-refractivity contribution in [3.8, 4) is 5.75 Å². The van der Waals surface area contributed by atoms with Crippen LogP contribution < -0.4 is 14.8 Å². The minimum absolute atomic E-state index is 0.0498. The summed E-state index contributed by atoms with van der Waals surface area (Å²) in [4.78, 5) is 16.6. The van der Waals surface area contributed by atoms with Crippen LogP contribution in [0.1, 0.15) is 52.0 Å². The number of sulfonamides is 1. The molecule has 32 heavy (non-hydrogen) atoms. The van der Waals surface area contributed by atoms with Crippen LogP contribution in [0.25, 0.3) is 0 Å². The van der Waals surface area contributed by atoms with Gasteiger partial charge in [-0.15, -0.1) is 0 Å². The maximum atomic E-state index is 12.6. The average Bonchev–Trinajstić information content (AvgIpc) is 3.00. The first kappa shape index (κ1) is 23.8. The maximum Gasteiger partial charge on any atom is 0.262 e. The number of carbonyl (C=O) groups excluding carboxylic acids is 1. The molecule has 1 amide bonds. The Bertz CT molecular complexity index is 1050. The van der Waals surface area contributed by atoms with Crippen molar-refractivity contribution in [2.24, 2.45) is 4.99 Å². The van der Waals surface area contributed by atoms with Gasteiger partial charge in [0.05, 0.1) is 4.90 Å². The number of rotatable bonds is 6. The monoisotopic (exact) mass is 457 g/mol. The molecule has 1 heterocycles. The van der Waals surface area contributed by atoms with Crippen molar-refractivity contribution in [1.82, 2.24) is 4.72 Å². The lowest BCUT2D eigenvalue weighted by Crippen LogP contribution is -2.30. The Hall–Kier alpha value is -2.87. The smallest absolute Gasteiger partial charge is 0.262 e. The summed E-state index contributed by atoms with van der Waals surface area (Å²) in [7, 11) is -3.70. The molecule has 7 nitrogen and oxygen atoms in total. The number of hydrogen-bond acceptors (Lipinski definition) is 5. The van der Waals surface area contributed by atoms with Gasteiger partial charge >= 0.3 is 0 Å². The summed E-state index contributed by atoms with van der Waals surface area (Å²) in [6.07, 6.45) is 3.59. The van der Waals surface area contributed by atoms with Gasteiger partial charge in [-0.05, 0) is 60.2 Å². The third-order valence-electron chi connectivity index (χ3n) is 5.17. The number of aliphatic imine (C=N–C) groups is 1. The zero-order chi connectivity index (χ0) is 23.2. The van der Waals surface area contributed by atoms with E-state index < -0.39 is 10.0 Å². The van der Waals surface area contributed by atoms with Crippen LogP contribution >= 0.6 is 0 Å². The summed E-state index contributed by atoms with van der Waals surface area (Å²) >= 11 is 0. The van der Waals surface area contributed by atoms with Crippen molar-refractivity contribution in [1.29, 1.82) is 0 Å². The third kappa shape index (κ3) is 6.82. The lowest BCUT2D eigenvalue weighted by Gasteiger charge is -2.19. The van der Waals surface area contributed by atoms with Crippen molar-refractivity contribution in [3.05, 3.63) is 54.1 Å². The fourth-order valence-electron chi connectivity index (χ4n) is 3.29. The van der Waals surface area contributed by atoms with Crippen LogP contribution in [-0.4, -0.2) is 33.3 Å². The molecule has 0 saturated heterocycles. The van der Waals surface area contributed by atoms with Gasteiger partial charge in [0.2, 0.25) is 0 Å². The molecule has 0 saturated carbocycles. The molecule has 0 bridgehead atoms. The molecule has 172 valence electrons. The number of ether oxygens (including phenoxy) is 1. The molecule has 0 fully saturated rings. The topological polar surface area (TPSA) is 96.9 Å². The second kappa shape index (κ2) is 10.2. The third-order valence-corrected chi connectivity index (χ3v) is 6.56. The fraction of sp³-hybridized carbons (Fsp3) is 0.417. The van der Waals surface area contributed by atoms with Gasteiger partial charge in [0.15, 0.2) is 6.61 Å². The first-order valence-electron chi connectivity index (χ1n) is 10.8. The highest BCUT2D eigenvalue weighted by atomic mass is 32.2. The van der Waals surface area contributed by atoms with Crippen LogP contribution in [-0.2, 0) is 20.2 Å². The van der Waals surface area contributed by atoms with Gasteiger partial charge in [-0.2, -0.15) is 0 Å². The molecule has 0 radical (unpaired) electrons. The van der Waals surface area contributed by atoms with E-state index in [0.29, 0.717) is 30.2 Å². The van der Waals surface area contributed by atoms with Gasteiger partial charge in [-0.3, -0.25) is 14.5 Å². The number of benzene rings is 2. The molecular formula is C24H31N3O4S. The van der Waals surface area contributed by atoms with Crippen molar-refractivity contribution in [2.75, 3.05) is 18.5 Å². The Labute approximate surface area is 190 Å². The standard InChI is InChI=1S/C24H31N3O4S/c1-24(2,3)18-8-12-20(13-9-18)31-17-23(28)26-19-10-14-21(15-11-19)32(29,30)27-22-7-5-4-6-16-25-22/h8-15H,4-7,16-17H2,1-3H3,(H,25,27)(H,26,28). The summed E-state index contributed by atoms with van der Waals surface area (Å²) < 4.78 is 33.3. The lowest BCUT2D eigenvalue weighted by molar-refractivity contribution is -0.118. The predicted octanol–water partition coefficient (Wildman–Crippen LogP) is 4.25. The number of nitrogens with zero attached hydrogens (tertiary/aromatic N) is 1. The molecule has 2 N–H and O–H groups in total. The van der Waals surface area contributed by atoms with E-state index in [9.17, 15) is 13.2 Å². The van der Waals surface area contributed by atoms with Gasteiger partial charge in [-0.1, -0.05) is 39.3 Å². The predicted molar refractivity (Wildman–Crippen MR) is 127 cm³/mol. The molecule has 0 aromatic heterocycles. The van der Waals surface area contributed by atoms with E-state index in [-0.39, 0.29) is 22.8 Å². The summed E-state index contributed by atoms with van der Waals surface area (Å²) in [6, 6.07) is 13.7. The highest BCUT2D eigenvalue weighted by Crippen LogP contribution is 2.24. The Morgan fingerprint density at radius 3 is 2.34 bits per heavy atom. The number of amidine groups is 1. The molecule has 8 heteroatoms. The van der Waals surface area contributed by atoms with E-state index in [1.165, 1.54) is 17.7 Å². The fourth-order valence-corrected chi connectivity index (χ4v) is 4.38. The number of hydrogen-bond donors (Lipinski definition) is 2. The molecule has 0 unspecified atom stereocenters. The Morgan fingerprint density at radius 2 is 1.69 bits per heavy atom. The molecule has 1 aliphatic heterocycles. The summed E-state index contributed by atoms with van der Waals surface area (Å²) in [6.45, 7) is 6.90. The SMILES string of the molecule is CC(C)(C)c1ccc(OCC(=O)Nc2ccc(S(=O)(=O)NC3=NCCCCC3)cc2)cc1. The number of anilines is 1. The van der Waals surface area contributed by atoms with Gasteiger partial charge in [0, 0.05) is 18.7 Å². The molecule has 2 aromatic rings. The van der Waals surface area contributed by atoms with Crippen molar-refractivity contribution in [3.63, 3.8) is 0 Å². The van der Waals surface area contributed by atoms with E-state index >= 15 is 0 Å². The quantitative estimate of drug-likeness (QED) is 0.678. The summed E-state index contributed by atoms with van der Waals surface area (Å²) in [5.74, 6) is 0.793. The zero-order valence-electron chi connectivity index (χ0n) is 18.8. The normalized spacial score (nSPS) is 14.8. The average molecular weight is 458 g/mol. The Balaban J connectivity index is 1.53. The summed E-state index contributed by atoms with van der Waals surface area (Å²) in [5, 5.41) is 2.71. The molecule has 0 aliphatic carbocycles. The van der Waals surface area contributed by atoms with E-state index in [0.717, 1.165) is 19.3 Å². The first-order chi connectivity index (χ1) is 15.1. The second-order valence-electron chi connectivity index (χ2n) is 8.88. The van der Waals surface area contributed by atoms with E-state index in [1.807, 2.05) is 24.3 Å². The number of amides is 1. The van der Waals surface area contributed by atoms with Gasteiger partial charge < -0.3 is 10.1 Å². The molecular weight excluding hydrogens is 426 g/mol. The van der Waals surface area contributed by atoms with Crippen molar-refractivity contribution >= 4 is 27.5 Å². The van der Waals surface area contributed by atoms with Crippen LogP contribution in [0.3, 0.4) is 0 Å². The second-order valence-corrected chi connectivity index (χ2v) is 10.6. The number of nitrogens with one attached hydrogen (secondary N) is 2. The Morgan fingerprint density at radius 1 is 1.00 bits per heavy atom. The Kier molecular flexibility index (Phi) is 7.56. The minimum Gasteiger partial charge on any atom is -0.484 e. The largest absolute Gasteiger partial charge is 0.484 e. The van der Waals surface area contributed by atoms with Crippen LogP contribution in [0, 0.1) is 0 Å². The van der Waals surface area contributed by atoms with Crippen LogP contribution in [0.5, 0.6) is 5.75 Å². The molecule has 0 atom stereocenters. The van der Waals surface area contributed by atoms with Crippen molar-refractivity contribution < 1.29 is 17.9 Å². The highest BCUT2D eigenvalue weighted by molar-refractivity contribution is 7.90. The minimum atomic E-state index is -3.70. The van der Waals surface area contributed by atoms with E-state index in [2.05, 4.69) is 35.8 Å². The zero-order valence-corrected chi connectivity index (χ0v) is 19.7. The highest BCUT2D eigenvalue weighted by Gasteiger charge is 2.17. The van der Waals surface area contributed by atoms with Crippen LogP contribution in [0.2, 0.25) is 0 Å². The van der Waals surface area contributed by atoms with Crippen LogP contribution in [0.15, 0.2) is 58.4 Å². The van der Waals surface area contributed by atoms with Gasteiger partial charge in [-0.25, -0.2) is 8.42 Å². The molecule has 0 spiro atoms.